The molecule has 0 aliphatic carbocycles. The van der Waals surface area contributed by atoms with Crippen LogP contribution in [0.15, 0.2) is 36.3 Å². The van der Waals surface area contributed by atoms with Crippen LogP contribution < -0.4 is 5.73 Å². The lowest BCUT2D eigenvalue weighted by Gasteiger charge is -2.15. The van der Waals surface area contributed by atoms with Gasteiger partial charge >= 0.3 is 5.97 Å². The lowest BCUT2D eigenvalue weighted by Crippen LogP contribution is -2.20. The second kappa shape index (κ2) is 3.73. The molecule has 1 rings (SSSR count). The van der Waals surface area contributed by atoms with Crippen LogP contribution in [0.5, 0.6) is 0 Å². The van der Waals surface area contributed by atoms with Crippen LogP contribution in [0.25, 0.3) is 0 Å². The van der Waals surface area contributed by atoms with E-state index in [1.54, 1.807) is 13.8 Å². The summed E-state index contributed by atoms with van der Waals surface area (Å²) in [4.78, 5) is 22.5. The van der Waals surface area contributed by atoms with Crippen molar-refractivity contribution in [2.24, 2.45) is 11.1 Å². The van der Waals surface area contributed by atoms with Crippen molar-refractivity contribution in [1.82, 2.24) is 0 Å². The maximum absolute atomic E-state index is 11.7. The van der Waals surface area contributed by atoms with E-state index in [9.17, 15) is 9.59 Å². The number of carbonyl (C=O) groups excluding carboxylic acids is 2. The predicted octanol–water partition coefficient (Wildman–Crippen LogP) is 1.05. The van der Waals surface area contributed by atoms with E-state index in [-0.39, 0.29) is 17.2 Å². The zero-order valence-electron chi connectivity index (χ0n) is 8.74. The van der Waals surface area contributed by atoms with Crippen LogP contribution in [0.4, 0.5) is 0 Å². The summed E-state index contributed by atoms with van der Waals surface area (Å²) in [5, 5.41) is 0. The van der Waals surface area contributed by atoms with Gasteiger partial charge in [0, 0.05) is 11.5 Å². The van der Waals surface area contributed by atoms with Gasteiger partial charge < -0.3 is 10.5 Å². The first-order valence-electron chi connectivity index (χ1n) is 4.46. The van der Waals surface area contributed by atoms with Crippen LogP contribution in [0, 0.1) is 5.41 Å². The third kappa shape index (κ3) is 2.34. The number of carbonyl (C=O) groups is 2. The third-order valence-electron chi connectivity index (χ3n) is 2.18. The maximum Gasteiger partial charge on any atom is 0.338 e. The molecule has 0 aromatic rings. The quantitative estimate of drug-likeness (QED) is 0.426. The van der Waals surface area contributed by atoms with Gasteiger partial charge in [0.2, 0.25) is 0 Å². The van der Waals surface area contributed by atoms with Crippen LogP contribution in [0.1, 0.15) is 13.8 Å². The minimum Gasteiger partial charge on any atom is -0.421 e. The molecule has 4 heteroatoms. The molecule has 1 aliphatic rings. The van der Waals surface area contributed by atoms with E-state index >= 15 is 0 Å². The highest BCUT2D eigenvalue weighted by Gasteiger charge is 2.25. The molecule has 0 saturated carbocycles. The summed E-state index contributed by atoms with van der Waals surface area (Å²) >= 11 is 0. The second-order valence-corrected chi connectivity index (χ2v) is 3.82. The van der Waals surface area contributed by atoms with Gasteiger partial charge in [0.25, 0.3) is 0 Å². The number of ketones is 1. The highest BCUT2D eigenvalue weighted by molar-refractivity contribution is 5.98. The van der Waals surface area contributed by atoms with E-state index in [0.29, 0.717) is 0 Å². The largest absolute Gasteiger partial charge is 0.421 e. The van der Waals surface area contributed by atoms with E-state index < -0.39 is 11.4 Å². The molecule has 0 saturated heterocycles. The summed E-state index contributed by atoms with van der Waals surface area (Å²) in [7, 11) is 0. The Labute approximate surface area is 88.1 Å². The van der Waals surface area contributed by atoms with Gasteiger partial charge in [-0.15, -0.1) is 6.58 Å². The van der Waals surface area contributed by atoms with Crippen LogP contribution >= 0.6 is 0 Å². The summed E-state index contributed by atoms with van der Waals surface area (Å²) in [5.41, 5.74) is 4.95. The zero-order chi connectivity index (χ0) is 11.6. The highest BCUT2D eigenvalue weighted by atomic mass is 16.5. The Kier molecular flexibility index (Phi) is 2.79. The van der Waals surface area contributed by atoms with Gasteiger partial charge in [-0.25, -0.2) is 4.79 Å². The predicted molar refractivity (Wildman–Crippen MR) is 55.4 cm³/mol. The molecular weight excluding hydrogens is 194 g/mol. The summed E-state index contributed by atoms with van der Waals surface area (Å²) in [5.74, 6) is -0.651. The number of hydrogen-bond acceptors (Lipinski definition) is 4. The van der Waals surface area contributed by atoms with E-state index in [2.05, 4.69) is 6.58 Å². The fourth-order valence-corrected chi connectivity index (χ4v) is 0.913. The molecule has 0 unspecified atom stereocenters. The number of esters is 1. The van der Waals surface area contributed by atoms with Crippen LogP contribution in [-0.4, -0.2) is 11.8 Å². The highest BCUT2D eigenvalue weighted by Crippen LogP contribution is 2.22. The van der Waals surface area contributed by atoms with Crippen molar-refractivity contribution in [2.75, 3.05) is 0 Å². The lowest BCUT2D eigenvalue weighted by molar-refractivity contribution is -0.132. The van der Waals surface area contributed by atoms with Crippen molar-refractivity contribution in [3.8, 4) is 0 Å². The van der Waals surface area contributed by atoms with Gasteiger partial charge in [-0.05, 0) is 13.8 Å². The average molecular weight is 207 g/mol. The summed E-state index contributed by atoms with van der Waals surface area (Å²) in [6.07, 6.45) is 3.89. The van der Waals surface area contributed by atoms with Crippen molar-refractivity contribution in [3.05, 3.63) is 36.3 Å². The van der Waals surface area contributed by atoms with Gasteiger partial charge in [-0.2, -0.15) is 0 Å². The summed E-state index contributed by atoms with van der Waals surface area (Å²) in [6.45, 7) is 6.99. The first kappa shape index (κ1) is 11.2. The molecule has 0 spiro atoms. The van der Waals surface area contributed by atoms with Gasteiger partial charge in [-0.1, -0.05) is 6.08 Å². The van der Waals surface area contributed by atoms with E-state index in [4.69, 9.17) is 10.5 Å². The molecule has 1 aliphatic heterocycles. The van der Waals surface area contributed by atoms with Crippen molar-refractivity contribution >= 4 is 11.8 Å². The molecule has 0 fully saturated rings. The number of ether oxygens (including phenoxy) is 1. The van der Waals surface area contributed by atoms with Crippen molar-refractivity contribution in [3.63, 3.8) is 0 Å². The monoisotopic (exact) mass is 207 g/mol. The number of rotatable bonds is 3. The molecule has 80 valence electrons. The topological polar surface area (TPSA) is 69.4 Å². The maximum atomic E-state index is 11.7. The molecule has 0 amide bonds. The van der Waals surface area contributed by atoms with Crippen molar-refractivity contribution < 1.29 is 14.3 Å². The van der Waals surface area contributed by atoms with Crippen LogP contribution in [-0.2, 0) is 14.3 Å². The second-order valence-electron chi connectivity index (χ2n) is 3.82. The van der Waals surface area contributed by atoms with Crippen LogP contribution in [0.3, 0.4) is 0 Å². The Morgan fingerprint density at radius 2 is 2.20 bits per heavy atom. The first-order chi connectivity index (χ1) is 6.86. The standard InChI is InChI=1S/C11H13NO3/c1-4-11(2,3)9(13)6-8-7(12)5-10(14)15-8/h4-6H,1,12H2,2-3H3/b8-6+. The summed E-state index contributed by atoms with van der Waals surface area (Å²) in [6, 6.07) is 0. The van der Waals surface area contributed by atoms with E-state index in [1.807, 2.05) is 0 Å². The van der Waals surface area contributed by atoms with Crippen molar-refractivity contribution in [2.45, 2.75) is 13.8 Å². The van der Waals surface area contributed by atoms with E-state index in [0.717, 1.165) is 6.08 Å². The fraction of sp³-hybridized carbons (Fsp3) is 0.273. The third-order valence-corrected chi connectivity index (χ3v) is 2.18. The molecular formula is C11H13NO3. The molecule has 4 nitrogen and oxygen atoms in total. The van der Waals surface area contributed by atoms with E-state index in [1.165, 1.54) is 12.2 Å². The molecule has 1 heterocycles. The Morgan fingerprint density at radius 1 is 1.60 bits per heavy atom. The van der Waals surface area contributed by atoms with Gasteiger partial charge in [0.1, 0.15) is 0 Å². The Morgan fingerprint density at radius 3 is 2.60 bits per heavy atom. The molecule has 0 atom stereocenters. The number of allylic oxidation sites excluding steroid dienone is 2. The molecule has 2 N–H and O–H groups in total. The molecule has 0 aromatic carbocycles. The van der Waals surface area contributed by atoms with Gasteiger partial charge in [-0.3, -0.25) is 4.79 Å². The molecule has 0 radical (unpaired) electrons. The van der Waals surface area contributed by atoms with Crippen LogP contribution in [0.2, 0.25) is 0 Å². The molecule has 0 aromatic heterocycles. The van der Waals surface area contributed by atoms with Gasteiger partial charge in [0.05, 0.1) is 11.8 Å². The zero-order valence-corrected chi connectivity index (χ0v) is 8.74. The minimum atomic E-state index is -0.692. The van der Waals surface area contributed by atoms with Gasteiger partial charge in [0.15, 0.2) is 11.5 Å². The smallest absolute Gasteiger partial charge is 0.338 e. The Balaban J connectivity index is 2.91. The average Bonchev–Trinajstić information content (AvgIpc) is 2.45. The Bertz CT molecular complexity index is 389. The summed E-state index contributed by atoms with van der Waals surface area (Å²) < 4.78 is 4.73. The first-order valence-corrected chi connectivity index (χ1v) is 4.46. The Hall–Kier alpha value is -1.84. The minimum absolute atomic E-state index is 0.111. The SMILES string of the molecule is C=CC(C)(C)C(=O)/C=C1/OC(=O)C=C1N. The number of hydrogen-bond donors (Lipinski definition) is 1. The number of nitrogens with two attached hydrogens (primary N) is 1. The number of cyclic esters (lactones) is 1. The molecule has 0 bridgehead atoms. The fourth-order valence-electron chi connectivity index (χ4n) is 0.913. The molecule has 15 heavy (non-hydrogen) atoms. The normalized spacial score (nSPS) is 18.7. The lowest BCUT2D eigenvalue weighted by atomic mass is 9.88. The van der Waals surface area contributed by atoms with Crippen molar-refractivity contribution in [1.29, 1.82) is 0 Å².